The summed E-state index contributed by atoms with van der Waals surface area (Å²) < 4.78 is 6.95. The summed E-state index contributed by atoms with van der Waals surface area (Å²) in [5, 5.41) is 3.69. The highest BCUT2D eigenvalue weighted by Crippen LogP contribution is 2.20. The Morgan fingerprint density at radius 3 is 3.00 bits per heavy atom. The Balaban J connectivity index is 1.88. The minimum Gasteiger partial charge on any atom is -0.492 e. The molecule has 1 aliphatic heterocycles. The summed E-state index contributed by atoms with van der Waals surface area (Å²) in [6, 6.07) is 8.66. The van der Waals surface area contributed by atoms with Gasteiger partial charge in [-0.1, -0.05) is 28.9 Å². The van der Waals surface area contributed by atoms with Crippen LogP contribution in [0.2, 0.25) is 0 Å². The first-order valence-electron chi connectivity index (χ1n) is 7.90. The Hall–Kier alpha value is -0.580. The highest BCUT2D eigenvalue weighted by molar-refractivity contribution is 9.10. The van der Waals surface area contributed by atoms with Crippen molar-refractivity contribution in [3.05, 3.63) is 28.7 Å². The lowest BCUT2D eigenvalue weighted by Crippen LogP contribution is -2.50. The van der Waals surface area contributed by atoms with Crippen LogP contribution >= 0.6 is 15.9 Å². The summed E-state index contributed by atoms with van der Waals surface area (Å²) in [7, 11) is 0. The number of rotatable bonds is 5. The van der Waals surface area contributed by atoms with Crippen molar-refractivity contribution in [2.45, 2.75) is 45.2 Å². The summed E-state index contributed by atoms with van der Waals surface area (Å²) in [5.74, 6) is 0.934. The maximum atomic E-state index is 5.89. The third-order valence-corrected chi connectivity index (χ3v) is 5.01. The zero-order valence-electron chi connectivity index (χ0n) is 13.4. The fraction of sp³-hybridized carbons (Fsp3) is 0.647. The molecule has 0 aliphatic carbocycles. The lowest BCUT2D eigenvalue weighted by Gasteiger charge is -2.34. The van der Waals surface area contributed by atoms with Crippen LogP contribution in [0.25, 0.3) is 0 Å². The first-order chi connectivity index (χ1) is 10.0. The number of hydrogen-bond acceptors (Lipinski definition) is 3. The molecule has 1 aliphatic rings. The average Bonchev–Trinajstić information content (AvgIpc) is 2.59. The quantitative estimate of drug-likeness (QED) is 0.872. The van der Waals surface area contributed by atoms with E-state index in [2.05, 4.69) is 46.9 Å². The Morgan fingerprint density at radius 1 is 1.48 bits per heavy atom. The van der Waals surface area contributed by atoms with Gasteiger partial charge in [0.2, 0.25) is 0 Å². The number of halogens is 1. The van der Waals surface area contributed by atoms with Gasteiger partial charge in [-0.15, -0.1) is 0 Å². The second-order valence-corrected chi connectivity index (χ2v) is 7.17. The van der Waals surface area contributed by atoms with E-state index in [0.29, 0.717) is 6.04 Å². The Labute approximate surface area is 137 Å². The molecular weight excluding hydrogens is 328 g/mol. The first-order valence-corrected chi connectivity index (χ1v) is 8.69. The van der Waals surface area contributed by atoms with Gasteiger partial charge in [0.05, 0.1) is 0 Å². The molecule has 1 fully saturated rings. The van der Waals surface area contributed by atoms with Gasteiger partial charge in [0.15, 0.2) is 0 Å². The van der Waals surface area contributed by atoms with Crippen LogP contribution in [0, 0.1) is 0 Å². The number of nitrogens with one attached hydrogen (secondary N) is 1. The number of nitrogens with zero attached hydrogens (tertiary/aromatic N) is 1. The van der Waals surface area contributed by atoms with Gasteiger partial charge in [-0.05, 0) is 51.4 Å². The second kappa shape index (κ2) is 7.61. The molecule has 4 heteroatoms. The minimum atomic E-state index is 0.223. The van der Waals surface area contributed by atoms with E-state index in [1.165, 1.54) is 6.42 Å². The van der Waals surface area contributed by atoms with E-state index in [4.69, 9.17) is 4.74 Å². The number of benzene rings is 1. The van der Waals surface area contributed by atoms with Crippen LogP contribution in [0.15, 0.2) is 28.7 Å². The van der Waals surface area contributed by atoms with Gasteiger partial charge < -0.3 is 10.1 Å². The molecule has 0 radical (unpaired) electrons. The fourth-order valence-electron chi connectivity index (χ4n) is 2.80. The first kappa shape index (κ1) is 16.8. The Kier molecular flexibility index (Phi) is 6.08. The minimum absolute atomic E-state index is 0.223. The van der Waals surface area contributed by atoms with Gasteiger partial charge in [-0.3, -0.25) is 4.90 Å². The molecule has 1 aromatic carbocycles. The lowest BCUT2D eigenvalue weighted by atomic mass is 9.98. The summed E-state index contributed by atoms with van der Waals surface area (Å²) >= 11 is 3.48. The number of ether oxygens (including phenoxy) is 1. The molecule has 1 aromatic rings. The van der Waals surface area contributed by atoms with Crippen molar-refractivity contribution >= 4 is 15.9 Å². The largest absolute Gasteiger partial charge is 0.492 e. The molecule has 0 spiro atoms. The SMILES string of the molecule is CCC1(C)CN(CCOc2cccc(Br)c2)C(C)CCN1. The molecule has 1 N–H and O–H groups in total. The molecule has 0 saturated carbocycles. The van der Waals surface area contributed by atoms with E-state index in [1.807, 2.05) is 24.3 Å². The van der Waals surface area contributed by atoms with Crippen molar-refractivity contribution in [2.24, 2.45) is 0 Å². The molecule has 0 aromatic heterocycles. The topological polar surface area (TPSA) is 24.5 Å². The second-order valence-electron chi connectivity index (χ2n) is 6.25. The highest BCUT2D eigenvalue weighted by Gasteiger charge is 2.29. The van der Waals surface area contributed by atoms with Crippen LogP contribution in [0.4, 0.5) is 0 Å². The van der Waals surface area contributed by atoms with Gasteiger partial charge in [-0.25, -0.2) is 0 Å². The standard InChI is InChI=1S/C17H27BrN2O/c1-4-17(3)13-20(14(2)8-9-19-17)10-11-21-16-7-5-6-15(18)12-16/h5-7,12,14,19H,4,8-11,13H2,1-3H3. The highest BCUT2D eigenvalue weighted by atomic mass is 79.9. The summed E-state index contributed by atoms with van der Waals surface area (Å²) in [6.07, 6.45) is 2.36. The van der Waals surface area contributed by atoms with Crippen LogP contribution in [-0.4, -0.2) is 42.7 Å². The maximum Gasteiger partial charge on any atom is 0.120 e. The van der Waals surface area contributed by atoms with E-state index in [-0.39, 0.29) is 5.54 Å². The smallest absolute Gasteiger partial charge is 0.120 e. The summed E-state index contributed by atoms with van der Waals surface area (Å²) in [6.45, 7) is 10.8. The molecule has 118 valence electrons. The Bertz CT molecular complexity index is 454. The summed E-state index contributed by atoms with van der Waals surface area (Å²) in [4.78, 5) is 2.56. The van der Waals surface area contributed by atoms with E-state index in [1.54, 1.807) is 0 Å². The predicted molar refractivity (Wildman–Crippen MR) is 92.0 cm³/mol. The van der Waals surface area contributed by atoms with Crippen molar-refractivity contribution in [3.8, 4) is 5.75 Å². The average molecular weight is 355 g/mol. The molecular formula is C17H27BrN2O. The molecule has 21 heavy (non-hydrogen) atoms. The molecule has 2 unspecified atom stereocenters. The third-order valence-electron chi connectivity index (χ3n) is 4.51. The Morgan fingerprint density at radius 2 is 2.29 bits per heavy atom. The van der Waals surface area contributed by atoms with E-state index in [9.17, 15) is 0 Å². The van der Waals surface area contributed by atoms with Gasteiger partial charge in [0.25, 0.3) is 0 Å². The van der Waals surface area contributed by atoms with E-state index in [0.717, 1.165) is 42.9 Å². The van der Waals surface area contributed by atoms with Crippen molar-refractivity contribution in [2.75, 3.05) is 26.2 Å². The molecule has 1 heterocycles. The zero-order chi connectivity index (χ0) is 15.3. The van der Waals surface area contributed by atoms with Crippen LogP contribution in [-0.2, 0) is 0 Å². The van der Waals surface area contributed by atoms with Gasteiger partial charge in [0.1, 0.15) is 12.4 Å². The van der Waals surface area contributed by atoms with Crippen molar-refractivity contribution in [3.63, 3.8) is 0 Å². The molecule has 0 bridgehead atoms. The number of hydrogen-bond donors (Lipinski definition) is 1. The van der Waals surface area contributed by atoms with Crippen LogP contribution in [0.1, 0.15) is 33.6 Å². The maximum absolute atomic E-state index is 5.89. The summed E-state index contributed by atoms with van der Waals surface area (Å²) in [5.41, 5.74) is 0.223. The van der Waals surface area contributed by atoms with Crippen LogP contribution < -0.4 is 10.1 Å². The van der Waals surface area contributed by atoms with Crippen molar-refractivity contribution in [1.29, 1.82) is 0 Å². The normalized spacial score (nSPS) is 27.3. The molecule has 0 amide bonds. The van der Waals surface area contributed by atoms with Gasteiger partial charge in [-0.2, -0.15) is 0 Å². The van der Waals surface area contributed by atoms with E-state index >= 15 is 0 Å². The van der Waals surface area contributed by atoms with Gasteiger partial charge >= 0.3 is 0 Å². The molecule has 1 saturated heterocycles. The lowest BCUT2D eigenvalue weighted by molar-refractivity contribution is 0.142. The van der Waals surface area contributed by atoms with Gasteiger partial charge in [0, 0.05) is 29.1 Å². The monoisotopic (exact) mass is 354 g/mol. The third kappa shape index (κ3) is 4.97. The van der Waals surface area contributed by atoms with Crippen LogP contribution in [0.5, 0.6) is 5.75 Å². The van der Waals surface area contributed by atoms with Crippen molar-refractivity contribution < 1.29 is 4.74 Å². The molecule has 2 rings (SSSR count). The fourth-order valence-corrected chi connectivity index (χ4v) is 3.18. The molecule has 3 nitrogen and oxygen atoms in total. The van der Waals surface area contributed by atoms with Crippen LogP contribution in [0.3, 0.4) is 0 Å². The predicted octanol–water partition coefficient (Wildman–Crippen LogP) is 3.68. The van der Waals surface area contributed by atoms with E-state index < -0.39 is 0 Å². The zero-order valence-corrected chi connectivity index (χ0v) is 14.9. The molecule has 2 atom stereocenters. The van der Waals surface area contributed by atoms with Crippen molar-refractivity contribution in [1.82, 2.24) is 10.2 Å².